The van der Waals surface area contributed by atoms with Crippen LogP contribution in [-0.2, 0) is 0 Å². The molecule has 1 aromatic carbocycles. The van der Waals surface area contributed by atoms with Crippen LogP contribution in [0.15, 0.2) is 35.2 Å². The highest BCUT2D eigenvalue weighted by atomic mass is 32.2. The number of benzene rings is 1. The van der Waals surface area contributed by atoms with E-state index in [9.17, 15) is 10.1 Å². The molecule has 0 bridgehead atoms. The second-order valence-electron chi connectivity index (χ2n) is 4.14. The molecule has 94 valence electrons. The first-order valence-corrected chi connectivity index (χ1v) is 6.88. The van der Waals surface area contributed by atoms with Gasteiger partial charge in [0.15, 0.2) is 0 Å². The van der Waals surface area contributed by atoms with Crippen LogP contribution < -0.4 is 0 Å². The van der Waals surface area contributed by atoms with E-state index in [4.69, 9.17) is 0 Å². The van der Waals surface area contributed by atoms with Crippen molar-refractivity contribution >= 4 is 11.8 Å². The summed E-state index contributed by atoms with van der Waals surface area (Å²) < 4.78 is 0. The Balaban J connectivity index is 2.66. The number of nitrogens with zero attached hydrogens (tertiary/aromatic N) is 1. The van der Waals surface area contributed by atoms with Gasteiger partial charge in [-0.15, -0.1) is 11.8 Å². The summed E-state index contributed by atoms with van der Waals surface area (Å²) in [4.78, 5) is 11.8. The van der Waals surface area contributed by atoms with E-state index in [2.05, 4.69) is 6.92 Å². The van der Waals surface area contributed by atoms with Gasteiger partial charge in [0.2, 0.25) is 6.04 Å². The lowest BCUT2D eigenvalue weighted by atomic mass is 10.1. The van der Waals surface area contributed by atoms with Gasteiger partial charge in [0.1, 0.15) is 0 Å². The van der Waals surface area contributed by atoms with Crippen molar-refractivity contribution in [2.45, 2.75) is 49.3 Å². The molecule has 0 aliphatic carbocycles. The highest BCUT2D eigenvalue weighted by Crippen LogP contribution is 2.29. The summed E-state index contributed by atoms with van der Waals surface area (Å²) in [7, 11) is 0. The minimum atomic E-state index is -0.494. The van der Waals surface area contributed by atoms with E-state index in [1.54, 1.807) is 18.7 Å². The largest absolute Gasteiger partial charge is 0.264 e. The maximum absolute atomic E-state index is 10.9. The molecule has 1 aromatic rings. The molecule has 2 atom stereocenters. The van der Waals surface area contributed by atoms with Gasteiger partial charge >= 0.3 is 0 Å². The first-order chi connectivity index (χ1) is 8.15. The van der Waals surface area contributed by atoms with E-state index in [1.807, 2.05) is 30.3 Å². The lowest BCUT2D eigenvalue weighted by Crippen LogP contribution is -2.28. The van der Waals surface area contributed by atoms with Crippen molar-refractivity contribution in [2.75, 3.05) is 0 Å². The predicted molar refractivity (Wildman–Crippen MR) is 72.1 cm³/mol. The summed E-state index contributed by atoms with van der Waals surface area (Å²) in [5.74, 6) is 0. The van der Waals surface area contributed by atoms with E-state index < -0.39 is 6.04 Å². The number of unbranched alkanes of at least 4 members (excludes halogenated alkanes) is 1. The third-order valence-corrected chi connectivity index (χ3v) is 4.22. The van der Waals surface area contributed by atoms with Gasteiger partial charge in [-0.25, -0.2) is 0 Å². The Morgan fingerprint density at radius 1 is 1.35 bits per heavy atom. The van der Waals surface area contributed by atoms with Gasteiger partial charge < -0.3 is 0 Å². The van der Waals surface area contributed by atoms with Crippen LogP contribution in [-0.4, -0.2) is 16.2 Å². The zero-order valence-electron chi connectivity index (χ0n) is 10.3. The summed E-state index contributed by atoms with van der Waals surface area (Å²) in [6, 6.07) is 9.42. The average molecular weight is 253 g/mol. The Labute approximate surface area is 107 Å². The fraction of sp³-hybridized carbons (Fsp3) is 0.538. The zero-order valence-corrected chi connectivity index (χ0v) is 11.2. The van der Waals surface area contributed by atoms with Crippen LogP contribution in [0.1, 0.15) is 33.1 Å². The summed E-state index contributed by atoms with van der Waals surface area (Å²) >= 11 is 1.62. The molecule has 0 aliphatic heterocycles. The number of thioether (sulfide) groups is 1. The van der Waals surface area contributed by atoms with Crippen LogP contribution in [0, 0.1) is 10.1 Å². The van der Waals surface area contributed by atoms with Crippen LogP contribution >= 0.6 is 11.8 Å². The molecular formula is C13H19NO2S. The molecule has 0 fully saturated rings. The third kappa shape index (κ3) is 4.77. The van der Waals surface area contributed by atoms with Gasteiger partial charge in [-0.1, -0.05) is 38.0 Å². The highest BCUT2D eigenvalue weighted by Gasteiger charge is 2.26. The molecule has 0 radical (unpaired) electrons. The molecule has 0 unspecified atom stereocenters. The lowest BCUT2D eigenvalue weighted by Gasteiger charge is -2.17. The van der Waals surface area contributed by atoms with E-state index >= 15 is 0 Å². The van der Waals surface area contributed by atoms with E-state index in [0.717, 1.165) is 24.2 Å². The van der Waals surface area contributed by atoms with Crippen molar-refractivity contribution in [3.05, 3.63) is 40.4 Å². The summed E-state index contributed by atoms with van der Waals surface area (Å²) in [6.07, 6.45) is 3.02. The Bertz CT molecular complexity index is 343. The standard InChI is InChI=1S/C13H19NO2S/c1-3-4-10-13(11(2)14(15)16)17-12-8-6-5-7-9-12/h5-9,11,13H,3-4,10H2,1-2H3/t11-,13+/m1/s1. The normalized spacial score (nSPS) is 14.2. The van der Waals surface area contributed by atoms with Crippen LogP contribution in [0.2, 0.25) is 0 Å². The van der Waals surface area contributed by atoms with Crippen molar-refractivity contribution < 1.29 is 4.92 Å². The molecule has 0 amide bonds. The second-order valence-corrected chi connectivity index (χ2v) is 5.45. The van der Waals surface area contributed by atoms with Crippen LogP contribution in [0.3, 0.4) is 0 Å². The molecule has 0 aliphatic rings. The minimum Gasteiger partial charge on any atom is -0.264 e. The van der Waals surface area contributed by atoms with Gasteiger partial charge in [-0.2, -0.15) is 0 Å². The molecule has 0 heterocycles. The van der Waals surface area contributed by atoms with E-state index in [-0.39, 0.29) is 10.2 Å². The first kappa shape index (κ1) is 14.0. The molecule has 17 heavy (non-hydrogen) atoms. The van der Waals surface area contributed by atoms with Gasteiger partial charge in [-0.3, -0.25) is 10.1 Å². The molecule has 4 heteroatoms. The van der Waals surface area contributed by atoms with E-state index in [1.165, 1.54) is 0 Å². The second kappa shape index (κ2) is 7.33. The lowest BCUT2D eigenvalue weighted by molar-refractivity contribution is -0.517. The van der Waals surface area contributed by atoms with Gasteiger partial charge in [0.05, 0.1) is 5.25 Å². The highest BCUT2D eigenvalue weighted by molar-refractivity contribution is 8.00. The number of hydrogen-bond donors (Lipinski definition) is 0. The Hall–Kier alpha value is -1.03. The molecule has 0 spiro atoms. The molecule has 1 rings (SSSR count). The van der Waals surface area contributed by atoms with Crippen LogP contribution in [0.25, 0.3) is 0 Å². The summed E-state index contributed by atoms with van der Waals surface area (Å²) in [6.45, 7) is 3.82. The monoisotopic (exact) mass is 253 g/mol. The molecule has 0 saturated carbocycles. The van der Waals surface area contributed by atoms with Crippen molar-refractivity contribution in [3.63, 3.8) is 0 Å². The quantitative estimate of drug-likeness (QED) is 0.419. The third-order valence-electron chi connectivity index (χ3n) is 2.74. The average Bonchev–Trinajstić information content (AvgIpc) is 2.34. The van der Waals surface area contributed by atoms with Gasteiger partial charge in [-0.05, 0) is 18.6 Å². The molecular weight excluding hydrogens is 234 g/mol. The van der Waals surface area contributed by atoms with Crippen molar-refractivity contribution in [2.24, 2.45) is 0 Å². The molecule has 0 aromatic heterocycles. The summed E-state index contributed by atoms with van der Waals surface area (Å²) in [5, 5.41) is 10.9. The maximum Gasteiger partial charge on any atom is 0.222 e. The fourth-order valence-corrected chi connectivity index (χ4v) is 2.86. The van der Waals surface area contributed by atoms with Crippen molar-refractivity contribution in [3.8, 4) is 0 Å². The van der Waals surface area contributed by atoms with Gasteiger partial charge in [0.25, 0.3) is 0 Å². The Kier molecular flexibility index (Phi) is 6.05. The summed E-state index contributed by atoms with van der Waals surface area (Å²) in [5.41, 5.74) is 0. The molecule has 3 nitrogen and oxygen atoms in total. The predicted octanol–water partition coefficient (Wildman–Crippen LogP) is 4.00. The number of rotatable bonds is 7. The number of hydrogen-bond acceptors (Lipinski definition) is 3. The minimum absolute atomic E-state index is 0.0624. The smallest absolute Gasteiger partial charge is 0.222 e. The van der Waals surface area contributed by atoms with Gasteiger partial charge in [0, 0.05) is 16.7 Å². The van der Waals surface area contributed by atoms with E-state index in [0.29, 0.717) is 0 Å². The topological polar surface area (TPSA) is 43.1 Å². The fourth-order valence-electron chi connectivity index (χ4n) is 1.61. The van der Waals surface area contributed by atoms with Crippen molar-refractivity contribution in [1.82, 2.24) is 0 Å². The first-order valence-electron chi connectivity index (χ1n) is 6.00. The maximum atomic E-state index is 10.9. The zero-order chi connectivity index (χ0) is 12.7. The molecule has 0 saturated heterocycles. The SMILES string of the molecule is CCCC[C@H](Sc1ccccc1)[C@@H](C)[N+](=O)[O-]. The number of nitro groups is 1. The Morgan fingerprint density at radius 2 is 2.00 bits per heavy atom. The van der Waals surface area contributed by atoms with Crippen molar-refractivity contribution in [1.29, 1.82) is 0 Å². The van der Waals surface area contributed by atoms with Crippen LogP contribution in [0.5, 0.6) is 0 Å². The molecule has 0 N–H and O–H groups in total. The van der Waals surface area contributed by atoms with Crippen LogP contribution in [0.4, 0.5) is 0 Å². The Morgan fingerprint density at radius 3 is 2.53 bits per heavy atom.